The SMILES string of the molecule is CC(C)(C)C1(C(C)(C)C)c2cc(N(c3ccccc3)c3ccc(-c4ccccc4)cc3)c3ccccc3c2-c2c1c1ccc(N(c3ccccc3)c3ccc(-c4ccccc4)cc3)cc1c1ccccc21. The lowest BCUT2D eigenvalue weighted by Gasteiger charge is -2.53. The van der Waals surface area contributed by atoms with E-state index < -0.39 is 5.41 Å². The Morgan fingerprint density at radius 1 is 0.282 bits per heavy atom. The highest BCUT2D eigenvalue weighted by molar-refractivity contribution is 6.23. The first kappa shape index (κ1) is 44.0. The van der Waals surface area contributed by atoms with Crippen LogP contribution in [0.15, 0.2) is 243 Å². The van der Waals surface area contributed by atoms with Crippen LogP contribution in [0.4, 0.5) is 34.1 Å². The molecule has 1 aliphatic rings. The number of anilines is 6. The zero-order valence-corrected chi connectivity index (χ0v) is 41.5. The second kappa shape index (κ2) is 17.0. The van der Waals surface area contributed by atoms with E-state index in [1.807, 2.05) is 0 Å². The fourth-order valence-electron chi connectivity index (χ4n) is 12.8. The van der Waals surface area contributed by atoms with E-state index in [1.165, 1.54) is 82.5 Å². The maximum Gasteiger partial charge on any atom is 0.0543 e. The van der Waals surface area contributed by atoms with Crippen molar-refractivity contribution < 1.29 is 0 Å². The first-order chi connectivity index (χ1) is 34.5. The van der Waals surface area contributed by atoms with Crippen molar-refractivity contribution in [1.82, 2.24) is 0 Å². The standard InChI is InChI=1S/C69H58N2/c1-67(2,3)69(68(4,5)6)62-46-63(71(52-29-17-10-18-30-52)54-41-37-50(38-42-54)48-25-13-8-14-26-48)57-32-20-22-34-59(57)64(62)65-58-33-21-19-31-56(58)61-45-55(43-44-60(61)66(65)69)70(51-27-15-9-16-28-51)53-39-35-49(36-40-53)47-23-11-7-12-24-47/h7-46H,1-6H3. The third kappa shape index (κ3) is 7.07. The van der Waals surface area contributed by atoms with E-state index in [0.29, 0.717) is 0 Å². The summed E-state index contributed by atoms with van der Waals surface area (Å²) in [6, 6.07) is 89.5. The molecule has 12 rings (SSSR count). The summed E-state index contributed by atoms with van der Waals surface area (Å²) < 4.78 is 0. The summed E-state index contributed by atoms with van der Waals surface area (Å²) in [5, 5.41) is 7.61. The molecule has 2 heteroatoms. The van der Waals surface area contributed by atoms with Crippen LogP contribution in [-0.2, 0) is 5.41 Å². The van der Waals surface area contributed by atoms with Crippen LogP contribution in [0, 0.1) is 10.8 Å². The largest absolute Gasteiger partial charge is 0.310 e. The molecule has 0 spiro atoms. The van der Waals surface area contributed by atoms with Crippen LogP contribution >= 0.6 is 0 Å². The van der Waals surface area contributed by atoms with Crippen molar-refractivity contribution in [1.29, 1.82) is 0 Å². The third-order valence-corrected chi connectivity index (χ3v) is 15.3. The number of para-hydroxylation sites is 2. The van der Waals surface area contributed by atoms with Gasteiger partial charge in [-0.2, -0.15) is 0 Å². The number of hydrogen-bond acceptors (Lipinski definition) is 2. The minimum absolute atomic E-state index is 0.232. The van der Waals surface area contributed by atoms with E-state index in [4.69, 9.17) is 0 Å². The molecule has 0 aliphatic heterocycles. The zero-order valence-electron chi connectivity index (χ0n) is 41.5. The van der Waals surface area contributed by atoms with E-state index in [1.54, 1.807) is 0 Å². The Labute approximate surface area is 419 Å². The molecule has 0 heterocycles. The highest BCUT2D eigenvalue weighted by atomic mass is 15.1. The lowest BCUT2D eigenvalue weighted by atomic mass is 9.49. The molecule has 11 aromatic rings. The first-order valence-corrected chi connectivity index (χ1v) is 25.1. The lowest BCUT2D eigenvalue weighted by Crippen LogP contribution is -2.50. The van der Waals surface area contributed by atoms with Crippen molar-refractivity contribution in [2.24, 2.45) is 10.8 Å². The monoisotopic (exact) mass is 914 g/mol. The molecule has 0 aromatic heterocycles. The molecule has 0 amide bonds. The molecular weight excluding hydrogens is 857 g/mol. The molecule has 0 saturated carbocycles. The van der Waals surface area contributed by atoms with Gasteiger partial charge in [0.25, 0.3) is 0 Å². The Balaban J connectivity index is 1.13. The van der Waals surface area contributed by atoms with Crippen LogP contribution < -0.4 is 9.80 Å². The molecule has 2 nitrogen and oxygen atoms in total. The second-order valence-electron chi connectivity index (χ2n) is 21.3. The van der Waals surface area contributed by atoms with Crippen LogP contribution in [0.1, 0.15) is 52.7 Å². The van der Waals surface area contributed by atoms with Crippen LogP contribution in [0.5, 0.6) is 0 Å². The number of rotatable bonds is 8. The number of nitrogens with zero attached hydrogens (tertiary/aromatic N) is 2. The van der Waals surface area contributed by atoms with Crippen molar-refractivity contribution in [3.05, 3.63) is 254 Å². The molecule has 0 radical (unpaired) electrons. The predicted molar refractivity (Wildman–Crippen MR) is 304 cm³/mol. The van der Waals surface area contributed by atoms with Crippen LogP contribution in [-0.4, -0.2) is 0 Å². The molecule has 0 N–H and O–H groups in total. The van der Waals surface area contributed by atoms with E-state index in [2.05, 4.69) is 294 Å². The zero-order chi connectivity index (χ0) is 48.5. The molecule has 11 aromatic carbocycles. The van der Waals surface area contributed by atoms with E-state index in [9.17, 15) is 0 Å². The summed E-state index contributed by atoms with van der Waals surface area (Å²) in [5.74, 6) is 0. The van der Waals surface area contributed by atoms with Gasteiger partial charge in [0.05, 0.1) is 5.69 Å². The maximum absolute atomic E-state index is 2.59. The summed E-state index contributed by atoms with van der Waals surface area (Å²) >= 11 is 0. The molecule has 0 fully saturated rings. The number of hydrogen-bond donors (Lipinski definition) is 0. The van der Waals surface area contributed by atoms with Gasteiger partial charge in [0.1, 0.15) is 0 Å². The average Bonchev–Trinajstić information content (AvgIpc) is 3.74. The molecule has 1 aliphatic carbocycles. The summed E-state index contributed by atoms with van der Waals surface area (Å²) in [4.78, 5) is 4.90. The molecule has 0 atom stereocenters. The van der Waals surface area contributed by atoms with Gasteiger partial charge in [-0.05, 0) is 149 Å². The summed E-state index contributed by atoms with van der Waals surface area (Å²) in [7, 11) is 0. The van der Waals surface area contributed by atoms with E-state index in [-0.39, 0.29) is 10.8 Å². The fraction of sp³-hybridized carbons (Fsp3) is 0.130. The maximum atomic E-state index is 2.59. The van der Waals surface area contributed by atoms with Crippen LogP contribution in [0.25, 0.3) is 65.7 Å². The predicted octanol–water partition coefficient (Wildman–Crippen LogP) is 19.8. The topological polar surface area (TPSA) is 6.48 Å². The highest BCUT2D eigenvalue weighted by Crippen LogP contribution is 2.69. The van der Waals surface area contributed by atoms with Crippen LogP contribution in [0.2, 0.25) is 0 Å². The van der Waals surface area contributed by atoms with Gasteiger partial charge in [0.2, 0.25) is 0 Å². The molecular formula is C69H58N2. The van der Waals surface area contributed by atoms with Crippen LogP contribution in [0.3, 0.4) is 0 Å². The van der Waals surface area contributed by atoms with Crippen molar-refractivity contribution in [2.75, 3.05) is 9.80 Å². The van der Waals surface area contributed by atoms with E-state index in [0.717, 1.165) is 28.4 Å². The van der Waals surface area contributed by atoms with Crippen molar-refractivity contribution >= 4 is 66.4 Å². The van der Waals surface area contributed by atoms with Gasteiger partial charge in [-0.3, -0.25) is 0 Å². The van der Waals surface area contributed by atoms with Gasteiger partial charge in [-0.25, -0.2) is 0 Å². The summed E-state index contributed by atoms with van der Waals surface area (Å²) in [6.07, 6.45) is 0. The van der Waals surface area contributed by atoms with Crippen molar-refractivity contribution in [3.8, 4) is 33.4 Å². The second-order valence-corrected chi connectivity index (χ2v) is 21.3. The molecule has 0 bridgehead atoms. The Kier molecular flexibility index (Phi) is 10.6. The van der Waals surface area contributed by atoms with E-state index >= 15 is 0 Å². The van der Waals surface area contributed by atoms with Gasteiger partial charge in [-0.15, -0.1) is 0 Å². The fourth-order valence-corrected chi connectivity index (χ4v) is 12.8. The van der Waals surface area contributed by atoms with Crippen molar-refractivity contribution in [2.45, 2.75) is 47.0 Å². The molecule has 71 heavy (non-hydrogen) atoms. The summed E-state index contributed by atoms with van der Waals surface area (Å²) in [5.41, 5.74) is 16.2. The Morgan fingerprint density at radius 2 is 0.662 bits per heavy atom. The minimum atomic E-state index is -0.445. The van der Waals surface area contributed by atoms with Gasteiger partial charge in [0, 0.05) is 39.2 Å². The summed E-state index contributed by atoms with van der Waals surface area (Å²) in [6.45, 7) is 14.9. The number of benzene rings is 11. The smallest absolute Gasteiger partial charge is 0.0543 e. The van der Waals surface area contributed by atoms with Gasteiger partial charge in [-0.1, -0.05) is 217 Å². The Bertz CT molecular complexity index is 3720. The molecule has 0 unspecified atom stereocenters. The minimum Gasteiger partial charge on any atom is -0.310 e. The Morgan fingerprint density at radius 3 is 1.17 bits per heavy atom. The van der Waals surface area contributed by atoms with Gasteiger partial charge in [0.15, 0.2) is 0 Å². The molecule has 0 saturated heterocycles. The van der Waals surface area contributed by atoms with Gasteiger partial charge < -0.3 is 9.80 Å². The Hall–Kier alpha value is -8.20. The highest BCUT2D eigenvalue weighted by Gasteiger charge is 2.59. The number of fused-ring (bicyclic) bond motifs is 10. The normalized spacial score (nSPS) is 13.0. The quantitative estimate of drug-likeness (QED) is 0.140. The average molecular weight is 915 g/mol. The lowest BCUT2D eigenvalue weighted by molar-refractivity contribution is 0.0965. The molecule has 344 valence electrons. The third-order valence-electron chi connectivity index (χ3n) is 15.3. The first-order valence-electron chi connectivity index (χ1n) is 25.1. The van der Waals surface area contributed by atoms with Crippen molar-refractivity contribution in [3.63, 3.8) is 0 Å². The van der Waals surface area contributed by atoms with Gasteiger partial charge >= 0.3 is 0 Å².